The molecule has 0 fully saturated rings. The van der Waals surface area contributed by atoms with E-state index in [9.17, 15) is 14.9 Å². The summed E-state index contributed by atoms with van der Waals surface area (Å²) < 4.78 is 3.79. The molecule has 2 aromatic heterocycles. The number of hydrogen-bond donors (Lipinski definition) is 1. The van der Waals surface area contributed by atoms with Crippen molar-refractivity contribution in [1.82, 2.24) is 4.57 Å². The van der Waals surface area contributed by atoms with Crippen LogP contribution in [0.15, 0.2) is 42.7 Å². The van der Waals surface area contributed by atoms with E-state index in [0.29, 0.717) is 18.7 Å². The number of rotatable bonds is 3. The van der Waals surface area contributed by atoms with Gasteiger partial charge in [0.15, 0.2) is 11.9 Å². The summed E-state index contributed by atoms with van der Waals surface area (Å²) in [5, 5.41) is 20.7. The van der Waals surface area contributed by atoms with Crippen molar-refractivity contribution in [2.24, 2.45) is 7.05 Å². The molecule has 0 atom stereocenters. The topological polar surface area (TPSA) is 92.9 Å². The zero-order valence-electron chi connectivity index (χ0n) is 13.5. The molecule has 4 rings (SSSR count). The fraction of sp³-hybridized carbons (Fsp3) is 0.167. The second-order valence-electron chi connectivity index (χ2n) is 6.22. The maximum Gasteiger partial charge on any atom is 0.269 e. The van der Waals surface area contributed by atoms with Gasteiger partial charge in [0.2, 0.25) is 5.78 Å². The molecular weight excluding hydrogens is 320 g/mol. The van der Waals surface area contributed by atoms with Gasteiger partial charge in [-0.1, -0.05) is 12.1 Å². The molecule has 1 aliphatic rings. The van der Waals surface area contributed by atoms with Crippen molar-refractivity contribution in [3.8, 4) is 0 Å². The molecule has 0 unspecified atom stereocenters. The Morgan fingerprint density at radius 3 is 2.68 bits per heavy atom. The number of carbonyl (C=O) groups excluding carboxylic acids is 1. The highest BCUT2D eigenvalue weighted by molar-refractivity contribution is 6.48. The first-order chi connectivity index (χ1) is 12.0. The SMILES string of the molecule is C[n+]1ccc2cn(Cc3ccc([N+](=O)[O-])cc3)c3c2c1CC(=N)C3=O. The van der Waals surface area contributed by atoms with Gasteiger partial charge in [0.05, 0.1) is 22.4 Å². The molecule has 0 bridgehead atoms. The highest BCUT2D eigenvalue weighted by Crippen LogP contribution is 2.29. The minimum absolute atomic E-state index is 0.0370. The monoisotopic (exact) mass is 335 g/mol. The molecule has 7 nitrogen and oxygen atoms in total. The number of nitro benzene ring substituents is 1. The van der Waals surface area contributed by atoms with Gasteiger partial charge in [-0.3, -0.25) is 14.9 Å². The highest BCUT2D eigenvalue weighted by Gasteiger charge is 2.32. The van der Waals surface area contributed by atoms with Crippen molar-refractivity contribution in [2.75, 3.05) is 0 Å². The number of nitrogens with one attached hydrogen (secondary N) is 1. The number of nitro groups is 1. The van der Waals surface area contributed by atoms with Gasteiger partial charge in [0, 0.05) is 36.3 Å². The number of hydrogen-bond acceptors (Lipinski definition) is 4. The summed E-state index contributed by atoms with van der Waals surface area (Å²) >= 11 is 0. The molecule has 7 heteroatoms. The van der Waals surface area contributed by atoms with Crippen molar-refractivity contribution >= 4 is 28.0 Å². The first kappa shape index (κ1) is 15.2. The molecular formula is C18H15N4O3+. The summed E-state index contributed by atoms with van der Waals surface area (Å²) in [6, 6.07) is 8.25. The normalized spacial score (nSPS) is 13.5. The van der Waals surface area contributed by atoms with Crippen LogP contribution in [0.3, 0.4) is 0 Å². The minimum atomic E-state index is -0.436. The number of pyridine rings is 1. The number of ketones is 1. The van der Waals surface area contributed by atoms with Crippen molar-refractivity contribution in [3.63, 3.8) is 0 Å². The molecule has 2 heterocycles. The van der Waals surface area contributed by atoms with Crippen LogP contribution in [0, 0.1) is 15.5 Å². The van der Waals surface area contributed by atoms with Gasteiger partial charge in [-0.05, 0) is 5.56 Å². The van der Waals surface area contributed by atoms with Gasteiger partial charge in [-0.2, -0.15) is 0 Å². The van der Waals surface area contributed by atoms with E-state index in [2.05, 4.69) is 0 Å². The summed E-state index contributed by atoms with van der Waals surface area (Å²) in [6.45, 7) is 0.421. The largest absolute Gasteiger partial charge is 0.339 e. The predicted octanol–water partition coefficient (Wildman–Crippen LogP) is 2.18. The zero-order valence-corrected chi connectivity index (χ0v) is 13.5. The summed E-state index contributed by atoms with van der Waals surface area (Å²) in [7, 11) is 1.91. The quantitative estimate of drug-likeness (QED) is 0.452. The van der Waals surface area contributed by atoms with Crippen LogP contribution in [-0.2, 0) is 20.0 Å². The van der Waals surface area contributed by atoms with Crippen LogP contribution >= 0.6 is 0 Å². The average molecular weight is 335 g/mol. The van der Waals surface area contributed by atoms with E-state index in [0.717, 1.165) is 22.0 Å². The Kier molecular flexibility index (Phi) is 3.24. The number of nitrogens with zero attached hydrogens (tertiary/aromatic N) is 3. The molecule has 0 aliphatic heterocycles. The number of aryl methyl sites for hydroxylation is 1. The van der Waals surface area contributed by atoms with Crippen LogP contribution in [0.1, 0.15) is 21.7 Å². The van der Waals surface area contributed by atoms with Gasteiger partial charge in [0.1, 0.15) is 12.7 Å². The molecule has 0 radical (unpaired) electrons. The van der Waals surface area contributed by atoms with Crippen molar-refractivity contribution < 1.29 is 14.3 Å². The second kappa shape index (κ2) is 5.34. The van der Waals surface area contributed by atoms with E-state index in [-0.39, 0.29) is 17.2 Å². The van der Waals surface area contributed by atoms with Crippen molar-refractivity contribution in [3.05, 3.63) is 69.8 Å². The molecule has 0 saturated carbocycles. The Morgan fingerprint density at radius 2 is 2.00 bits per heavy atom. The smallest absolute Gasteiger partial charge is 0.269 e. The number of carbonyl (C=O) groups is 1. The Balaban J connectivity index is 1.84. The molecule has 0 amide bonds. The summed E-state index contributed by atoms with van der Waals surface area (Å²) in [5.41, 5.74) is 2.46. The lowest BCUT2D eigenvalue weighted by Gasteiger charge is -2.14. The molecule has 3 aromatic rings. The van der Waals surface area contributed by atoms with Gasteiger partial charge < -0.3 is 9.98 Å². The van der Waals surface area contributed by atoms with Crippen LogP contribution in [0.25, 0.3) is 10.8 Å². The van der Waals surface area contributed by atoms with Crippen LogP contribution in [0.4, 0.5) is 5.69 Å². The summed E-state index contributed by atoms with van der Waals surface area (Å²) in [4.78, 5) is 22.9. The van der Waals surface area contributed by atoms with Crippen molar-refractivity contribution in [2.45, 2.75) is 13.0 Å². The van der Waals surface area contributed by atoms with E-state index in [1.165, 1.54) is 12.1 Å². The summed E-state index contributed by atoms with van der Waals surface area (Å²) in [6.07, 6.45) is 4.17. The molecule has 1 aromatic carbocycles. The average Bonchev–Trinajstić information content (AvgIpc) is 2.95. The van der Waals surface area contributed by atoms with Gasteiger partial charge in [-0.15, -0.1) is 0 Å². The van der Waals surface area contributed by atoms with E-state index in [1.54, 1.807) is 12.1 Å². The van der Waals surface area contributed by atoms with E-state index in [1.807, 2.05) is 34.6 Å². The van der Waals surface area contributed by atoms with E-state index >= 15 is 0 Å². The van der Waals surface area contributed by atoms with Crippen LogP contribution in [0.5, 0.6) is 0 Å². The fourth-order valence-corrected chi connectivity index (χ4v) is 3.36. The lowest BCUT2D eigenvalue weighted by atomic mass is 9.95. The zero-order chi connectivity index (χ0) is 17.7. The van der Waals surface area contributed by atoms with Gasteiger partial charge >= 0.3 is 0 Å². The maximum atomic E-state index is 12.6. The Bertz CT molecular complexity index is 1060. The number of non-ortho nitro benzene ring substituents is 1. The highest BCUT2D eigenvalue weighted by atomic mass is 16.6. The van der Waals surface area contributed by atoms with E-state index in [4.69, 9.17) is 5.41 Å². The molecule has 0 spiro atoms. The minimum Gasteiger partial charge on any atom is -0.339 e. The number of benzene rings is 1. The first-order valence-electron chi connectivity index (χ1n) is 7.81. The van der Waals surface area contributed by atoms with Gasteiger partial charge in [-0.25, -0.2) is 4.57 Å². The Labute approximate surface area is 142 Å². The third kappa shape index (κ3) is 2.32. The number of aromatic nitrogens is 2. The Morgan fingerprint density at radius 1 is 1.28 bits per heavy atom. The standard InChI is InChI=1S/C18H15N4O3/c1-20-7-6-12-10-21(9-11-2-4-13(5-3-11)22(24)25)17-16(12)15(20)8-14(19)18(17)23/h2-7,10,19H,8-9H2,1H3/q+1. The van der Waals surface area contributed by atoms with E-state index < -0.39 is 4.92 Å². The van der Waals surface area contributed by atoms with Crippen molar-refractivity contribution in [1.29, 1.82) is 5.41 Å². The lowest BCUT2D eigenvalue weighted by molar-refractivity contribution is -0.677. The predicted molar refractivity (Wildman–Crippen MR) is 91.1 cm³/mol. The van der Waals surface area contributed by atoms with Gasteiger partial charge in [0.25, 0.3) is 5.69 Å². The third-order valence-corrected chi connectivity index (χ3v) is 4.63. The van der Waals surface area contributed by atoms with Crippen LogP contribution in [0.2, 0.25) is 0 Å². The molecule has 1 aliphatic carbocycles. The third-order valence-electron chi connectivity index (χ3n) is 4.63. The first-order valence-corrected chi connectivity index (χ1v) is 7.81. The molecule has 0 saturated heterocycles. The maximum absolute atomic E-state index is 12.6. The summed E-state index contributed by atoms with van der Waals surface area (Å²) in [5.74, 6) is -0.254. The van der Waals surface area contributed by atoms with Crippen LogP contribution in [-0.4, -0.2) is 21.0 Å². The Hall–Kier alpha value is -3.35. The second-order valence-corrected chi connectivity index (χ2v) is 6.22. The molecule has 25 heavy (non-hydrogen) atoms. The number of Topliss-reactive ketones (excluding diaryl/α,β-unsaturated/α-hetero) is 1. The fourth-order valence-electron chi connectivity index (χ4n) is 3.36. The van der Waals surface area contributed by atoms with Crippen LogP contribution < -0.4 is 4.57 Å². The molecule has 1 N–H and O–H groups in total. The molecule has 124 valence electrons. The lowest BCUT2D eigenvalue weighted by Crippen LogP contribution is -2.38.